The molecule has 1 heterocycles. The van der Waals surface area contributed by atoms with Crippen LogP contribution in [0.15, 0.2) is 70.9 Å². The summed E-state index contributed by atoms with van der Waals surface area (Å²) in [6.45, 7) is 4.11. The van der Waals surface area contributed by atoms with Crippen LogP contribution in [0.1, 0.15) is 25.5 Å². The van der Waals surface area contributed by atoms with Gasteiger partial charge in [-0.05, 0) is 49.9 Å². The topological polar surface area (TPSA) is 45.1 Å². The van der Waals surface area contributed by atoms with Gasteiger partial charge in [-0.3, -0.25) is 4.90 Å². The van der Waals surface area contributed by atoms with Crippen molar-refractivity contribution in [3.05, 3.63) is 71.4 Å². The zero-order valence-corrected chi connectivity index (χ0v) is 18.4. The summed E-state index contributed by atoms with van der Waals surface area (Å²) in [6, 6.07) is 17.7. The second kappa shape index (κ2) is 9.18. The molecule has 1 atom stereocenters. The van der Waals surface area contributed by atoms with E-state index < -0.39 is 6.04 Å². The minimum absolute atomic E-state index is 0.323. The maximum atomic E-state index is 12.9. The van der Waals surface area contributed by atoms with Gasteiger partial charge in [0, 0.05) is 31.2 Å². The van der Waals surface area contributed by atoms with E-state index in [4.69, 9.17) is 9.73 Å². The molecule has 0 fully saturated rings. The maximum Gasteiger partial charge on any atom is 0.338 e. The van der Waals surface area contributed by atoms with Crippen molar-refractivity contribution in [2.24, 2.45) is 4.99 Å². The van der Waals surface area contributed by atoms with E-state index in [2.05, 4.69) is 0 Å². The predicted molar refractivity (Wildman–Crippen MR) is 123 cm³/mol. The first-order valence-corrected chi connectivity index (χ1v) is 10.8. The Kier molecular flexibility index (Phi) is 6.64. The molecule has 0 radical (unpaired) electrons. The Labute approximate surface area is 177 Å². The lowest BCUT2D eigenvalue weighted by Crippen LogP contribution is -2.35. The molecular weight excluding hydrogens is 382 g/mol. The first-order chi connectivity index (χ1) is 14.0. The number of thioether (sulfide) groups is 1. The molecule has 0 saturated carbocycles. The third-order valence-electron chi connectivity index (χ3n) is 4.85. The van der Waals surface area contributed by atoms with Crippen molar-refractivity contribution >= 4 is 34.3 Å². The molecule has 1 aliphatic heterocycles. The number of allylic oxidation sites excluding steroid dienone is 1. The van der Waals surface area contributed by atoms with Crippen LogP contribution in [0.2, 0.25) is 0 Å². The summed E-state index contributed by atoms with van der Waals surface area (Å²) in [4.78, 5) is 22.0. The summed E-state index contributed by atoms with van der Waals surface area (Å²) < 4.78 is 5.41. The number of carbonyl (C=O) groups is 1. The molecule has 0 bridgehead atoms. The molecule has 0 saturated heterocycles. The normalized spacial score (nSPS) is 16.5. The van der Waals surface area contributed by atoms with Crippen LogP contribution in [0.5, 0.6) is 0 Å². The van der Waals surface area contributed by atoms with E-state index in [1.165, 1.54) is 0 Å². The van der Waals surface area contributed by atoms with Crippen LogP contribution in [0, 0.1) is 0 Å². The molecule has 0 unspecified atom stereocenters. The highest BCUT2D eigenvalue weighted by atomic mass is 32.2. The van der Waals surface area contributed by atoms with E-state index in [9.17, 15) is 4.79 Å². The Balaban J connectivity index is 2.12. The van der Waals surface area contributed by atoms with Gasteiger partial charge in [-0.2, -0.15) is 0 Å². The zero-order chi connectivity index (χ0) is 21.0. The van der Waals surface area contributed by atoms with Crippen LogP contribution in [-0.2, 0) is 9.53 Å². The first-order valence-electron chi connectivity index (χ1n) is 9.60. The molecule has 6 heteroatoms. The molecule has 2 aromatic rings. The van der Waals surface area contributed by atoms with E-state index in [0.29, 0.717) is 12.2 Å². The number of benzene rings is 2. The lowest BCUT2D eigenvalue weighted by molar-refractivity contribution is -0.138. The fourth-order valence-electron chi connectivity index (χ4n) is 3.38. The largest absolute Gasteiger partial charge is 0.463 e. The highest BCUT2D eigenvalue weighted by Crippen LogP contribution is 2.39. The molecule has 3 rings (SSSR count). The molecule has 0 N–H and O–H groups in total. The van der Waals surface area contributed by atoms with Crippen molar-refractivity contribution in [2.45, 2.75) is 19.9 Å². The van der Waals surface area contributed by atoms with Crippen LogP contribution in [0.3, 0.4) is 0 Å². The number of nitrogens with zero attached hydrogens (tertiary/aromatic N) is 3. The summed E-state index contributed by atoms with van der Waals surface area (Å²) in [7, 11) is 4.01. The molecule has 1 aliphatic rings. The number of amidine groups is 1. The fraction of sp³-hybridized carbons (Fsp3) is 0.304. The number of aliphatic imine (C=N–C) groups is 1. The number of anilines is 2. The molecule has 2 aromatic carbocycles. The van der Waals surface area contributed by atoms with Gasteiger partial charge in [-0.1, -0.05) is 42.1 Å². The Morgan fingerprint density at radius 2 is 1.79 bits per heavy atom. The van der Waals surface area contributed by atoms with Gasteiger partial charge in [0.1, 0.15) is 6.04 Å². The van der Waals surface area contributed by atoms with Gasteiger partial charge >= 0.3 is 5.97 Å². The molecule has 152 valence electrons. The third-order valence-corrected chi connectivity index (χ3v) is 5.50. The number of hydrogen-bond donors (Lipinski definition) is 0. The highest BCUT2D eigenvalue weighted by molar-refractivity contribution is 8.13. The number of ether oxygens (including phenoxy) is 1. The smallest absolute Gasteiger partial charge is 0.338 e. The van der Waals surface area contributed by atoms with E-state index >= 15 is 0 Å². The van der Waals surface area contributed by atoms with Crippen molar-refractivity contribution in [1.82, 2.24) is 0 Å². The molecule has 0 aliphatic carbocycles. The van der Waals surface area contributed by atoms with Gasteiger partial charge < -0.3 is 9.64 Å². The van der Waals surface area contributed by atoms with Crippen LogP contribution < -0.4 is 9.80 Å². The van der Waals surface area contributed by atoms with Crippen LogP contribution in [-0.4, -0.2) is 38.1 Å². The first kappa shape index (κ1) is 21.0. The third kappa shape index (κ3) is 4.32. The minimum Gasteiger partial charge on any atom is -0.463 e. The lowest BCUT2D eigenvalue weighted by atomic mass is 9.95. The van der Waals surface area contributed by atoms with Gasteiger partial charge in [-0.25, -0.2) is 9.79 Å². The molecular formula is C23H27N3O2S. The summed E-state index contributed by atoms with van der Waals surface area (Å²) in [5, 5.41) is 0.850. The quantitative estimate of drug-likeness (QED) is 0.659. The van der Waals surface area contributed by atoms with Crippen LogP contribution in [0.25, 0.3) is 0 Å². The van der Waals surface area contributed by atoms with Crippen molar-refractivity contribution in [1.29, 1.82) is 0 Å². The summed E-state index contributed by atoms with van der Waals surface area (Å²) in [6.07, 6.45) is 2.00. The maximum absolute atomic E-state index is 12.9. The Morgan fingerprint density at radius 3 is 2.34 bits per heavy atom. The molecule has 0 aromatic heterocycles. The van der Waals surface area contributed by atoms with Gasteiger partial charge in [-0.15, -0.1) is 0 Å². The highest BCUT2D eigenvalue weighted by Gasteiger charge is 2.34. The summed E-state index contributed by atoms with van der Waals surface area (Å²) >= 11 is 1.57. The van der Waals surface area contributed by atoms with Crippen molar-refractivity contribution in [2.75, 3.05) is 36.8 Å². The van der Waals surface area contributed by atoms with Gasteiger partial charge in [0.25, 0.3) is 0 Å². The van der Waals surface area contributed by atoms with Gasteiger partial charge in [0.15, 0.2) is 5.17 Å². The molecule has 0 spiro atoms. The molecule has 29 heavy (non-hydrogen) atoms. The Morgan fingerprint density at radius 1 is 1.14 bits per heavy atom. The van der Waals surface area contributed by atoms with Gasteiger partial charge in [0.05, 0.1) is 12.2 Å². The standard InChI is InChI=1S/C23H27N3O2S/c1-6-28-22(27)20-16(2)26(19-10-8-7-9-11-19)23(29-5)24-21(20)17-12-14-18(15-13-17)25(3)4/h7-15,21H,6H2,1-5H3/t21-/m0/s1. The van der Waals surface area contributed by atoms with Crippen LogP contribution >= 0.6 is 11.8 Å². The number of hydrogen-bond acceptors (Lipinski definition) is 6. The number of esters is 1. The fourth-order valence-corrected chi connectivity index (χ4v) is 4.02. The predicted octanol–water partition coefficient (Wildman–Crippen LogP) is 4.87. The summed E-state index contributed by atoms with van der Waals surface area (Å²) in [5.41, 5.74) is 4.46. The second-order valence-corrected chi connectivity index (χ2v) is 7.67. The number of rotatable bonds is 5. The van der Waals surface area contributed by atoms with Crippen LogP contribution in [0.4, 0.5) is 11.4 Å². The average Bonchev–Trinajstić information content (AvgIpc) is 2.73. The van der Waals surface area contributed by atoms with E-state index in [1.54, 1.807) is 11.8 Å². The second-order valence-electron chi connectivity index (χ2n) is 6.89. The van der Waals surface area contributed by atoms with Crippen molar-refractivity contribution in [3.63, 3.8) is 0 Å². The molecule has 0 amide bonds. The van der Waals surface area contributed by atoms with E-state index in [1.807, 2.05) is 98.6 Å². The van der Waals surface area contributed by atoms with Crippen molar-refractivity contribution in [3.8, 4) is 0 Å². The van der Waals surface area contributed by atoms with Gasteiger partial charge in [0.2, 0.25) is 0 Å². The summed E-state index contributed by atoms with van der Waals surface area (Å²) in [5.74, 6) is -0.323. The van der Waals surface area contributed by atoms with E-state index in [0.717, 1.165) is 27.8 Å². The Bertz CT molecular complexity index is 921. The van der Waals surface area contributed by atoms with Crippen molar-refractivity contribution < 1.29 is 9.53 Å². The SMILES string of the molecule is CCOC(=O)C1=C(C)N(c2ccccc2)C(SC)=N[C@H]1c1ccc(N(C)C)cc1. The van der Waals surface area contributed by atoms with E-state index in [-0.39, 0.29) is 5.97 Å². The number of carbonyl (C=O) groups excluding carboxylic acids is 1. The Hall–Kier alpha value is -2.73. The molecule has 5 nitrogen and oxygen atoms in total. The number of para-hydroxylation sites is 1. The zero-order valence-electron chi connectivity index (χ0n) is 17.5. The lowest BCUT2D eigenvalue weighted by Gasteiger charge is -2.34. The minimum atomic E-state index is -0.396. The monoisotopic (exact) mass is 409 g/mol. The average molecular weight is 410 g/mol.